The van der Waals surface area contributed by atoms with Gasteiger partial charge in [-0.25, -0.2) is 4.98 Å². The summed E-state index contributed by atoms with van der Waals surface area (Å²) in [6.45, 7) is 4.22. The van der Waals surface area contributed by atoms with Crippen LogP contribution in [0.2, 0.25) is 0 Å². The quantitative estimate of drug-likeness (QED) is 0.777. The Morgan fingerprint density at radius 1 is 1.43 bits per heavy atom. The van der Waals surface area contributed by atoms with Crippen LogP contribution in [0.3, 0.4) is 0 Å². The zero-order chi connectivity index (χ0) is 10.6. The van der Waals surface area contributed by atoms with Crippen molar-refractivity contribution in [3.8, 4) is 0 Å². The highest BCUT2D eigenvalue weighted by Crippen LogP contribution is 2.14. The van der Waals surface area contributed by atoms with Crippen molar-refractivity contribution < 1.29 is 0 Å². The van der Waals surface area contributed by atoms with Crippen LogP contribution in [0.1, 0.15) is 50.8 Å². The van der Waals surface area contributed by atoms with Crippen LogP contribution in [0.5, 0.6) is 0 Å². The molecule has 14 heavy (non-hydrogen) atoms. The minimum absolute atomic E-state index is 0.0350. The maximum Gasteiger partial charge on any atom is 0.150 e. The van der Waals surface area contributed by atoms with Crippen molar-refractivity contribution in [3.05, 3.63) is 11.6 Å². The van der Waals surface area contributed by atoms with Crippen molar-refractivity contribution in [3.63, 3.8) is 0 Å². The molecule has 0 aliphatic carbocycles. The minimum Gasteiger partial charge on any atom is -0.321 e. The van der Waals surface area contributed by atoms with Gasteiger partial charge in [0.25, 0.3) is 0 Å². The summed E-state index contributed by atoms with van der Waals surface area (Å²) >= 11 is 0. The average Bonchev–Trinajstić information content (AvgIpc) is 2.56. The molecule has 0 aromatic carbocycles. The number of aromatic nitrogens is 3. The second kappa shape index (κ2) is 5.10. The summed E-state index contributed by atoms with van der Waals surface area (Å²) in [5, 5.41) is 4.28. The van der Waals surface area contributed by atoms with Gasteiger partial charge in [-0.1, -0.05) is 26.7 Å². The smallest absolute Gasteiger partial charge is 0.150 e. The molecule has 1 aromatic heterocycles. The zero-order valence-electron chi connectivity index (χ0n) is 9.32. The van der Waals surface area contributed by atoms with Crippen molar-refractivity contribution in [1.82, 2.24) is 14.8 Å². The van der Waals surface area contributed by atoms with Gasteiger partial charge >= 0.3 is 0 Å². The number of rotatable bonds is 5. The molecule has 0 fully saturated rings. The van der Waals surface area contributed by atoms with Crippen molar-refractivity contribution in [2.24, 2.45) is 12.8 Å². The van der Waals surface area contributed by atoms with Gasteiger partial charge in [-0.05, 0) is 6.42 Å². The summed E-state index contributed by atoms with van der Waals surface area (Å²) < 4.78 is 1.80. The van der Waals surface area contributed by atoms with Crippen LogP contribution >= 0.6 is 0 Å². The third-order valence-corrected chi connectivity index (χ3v) is 2.36. The second-order valence-corrected chi connectivity index (χ2v) is 3.61. The largest absolute Gasteiger partial charge is 0.321 e. The Balaban J connectivity index is 2.68. The molecule has 2 N–H and O–H groups in total. The first-order chi connectivity index (χ1) is 6.69. The maximum absolute atomic E-state index is 6.03. The molecule has 1 rings (SSSR count). The first kappa shape index (κ1) is 11.2. The Bertz CT molecular complexity index is 280. The van der Waals surface area contributed by atoms with Gasteiger partial charge in [0, 0.05) is 13.5 Å². The summed E-state index contributed by atoms with van der Waals surface area (Å²) in [6, 6.07) is 0.0350. The lowest BCUT2D eigenvalue weighted by molar-refractivity contribution is 0.543. The van der Waals surface area contributed by atoms with E-state index in [1.165, 1.54) is 6.42 Å². The molecule has 0 spiro atoms. The molecule has 1 atom stereocenters. The summed E-state index contributed by atoms with van der Waals surface area (Å²) in [5.41, 5.74) is 6.03. The Labute approximate surface area is 85.5 Å². The van der Waals surface area contributed by atoms with E-state index in [4.69, 9.17) is 5.73 Å². The molecule has 0 saturated carbocycles. The predicted octanol–water partition coefficient (Wildman–Crippen LogP) is 1.57. The van der Waals surface area contributed by atoms with E-state index in [0.717, 1.165) is 30.9 Å². The highest BCUT2D eigenvalue weighted by molar-refractivity contribution is 4.97. The molecule has 0 radical (unpaired) electrons. The van der Waals surface area contributed by atoms with Crippen LogP contribution in [0.15, 0.2) is 0 Å². The third kappa shape index (κ3) is 2.54. The number of nitrogens with zero attached hydrogens (tertiary/aromatic N) is 3. The van der Waals surface area contributed by atoms with Crippen LogP contribution in [-0.2, 0) is 13.5 Å². The molecule has 0 bridgehead atoms. The van der Waals surface area contributed by atoms with E-state index in [1.54, 1.807) is 4.68 Å². The molecule has 4 nitrogen and oxygen atoms in total. The van der Waals surface area contributed by atoms with E-state index >= 15 is 0 Å². The number of unbranched alkanes of at least 4 members (excludes halogenated alkanes) is 1. The van der Waals surface area contributed by atoms with Crippen molar-refractivity contribution in [1.29, 1.82) is 0 Å². The molecule has 1 heterocycles. The number of hydrogen-bond donors (Lipinski definition) is 1. The van der Waals surface area contributed by atoms with Gasteiger partial charge in [-0.15, -0.1) is 0 Å². The van der Waals surface area contributed by atoms with Crippen LogP contribution < -0.4 is 5.73 Å². The van der Waals surface area contributed by atoms with Gasteiger partial charge < -0.3 is 5.73 Å². The van der Waals surface area contributed by atoms with Crippen molar-refractivity contribution in [2.45, 2.75) is 45.6 Å². The summed E-state index contributed by atoms with van der Waals surface area (Å²) in [7, 11) is 1.91. The first-order valence-corrected chi connectivity index (χ1v) is 5.34. The predicted molar refractivity (Wildman–Crippen MR) is 56.8 cm³/mol. The Morgan fingerprint density at radius 3 is 2.64 bits per heavy atom. The molecule has 1 aromatic rings. The minimum atomic E-state index is 0.0350. The maximum atomic E-state index is 6.03. The monoisotopic (exact) mass is 196 g/mol. The Morgan fingerprint density at radius 2 is 2.14 bits per heavy atom. The Hall–Kier alpha value is -0.900. The lowest BCUT2D eigenvalue weighted by atomic mass is 10.1. The average molecular weight is 196 g/mol. The fraction of sp³-hybridized carbons (Fsp3) is 0.800. The normalized spacial score (nSPS) is 13.1. The lowest BCUT2D eigenvalue weighted by Gasteiger charge is -2.08. The van der Waals surface area contributed by atoms with Gasteiger partial charge in [0.1, 0.15) is 5.82 Å². The van der Waals surface area contributed by atoms with E-state index < -0.39 is 0 Å². The fourth-order valence-electron chi connectivity index (χ4n) is 1.48. The SMILES string of the molecule is CCCCC(N)c1nc(CC)nn1C. The van der Waals surface area contributed by atoms with Crippen LogP contribution in [0.4, 0.5) is 0 Å². The number of hydrogen-bond acceptors (Lipinski definition) is 3. The van der Waals surface area contributed by atoms with Crippen LogP contribution in [0, 0.1) is 0 Å². The van der Waals surface area contributed by atoms with Gasteiger partial charge in [-0.3, -0.25) is 4.68 Å². The Kier molecular flexibility index (Phi) is 4.07. The topological polar surface area (TPSA) is 56.7 Å². The molecular formula is C10H20N4. The molecule has 1 unspecified atom stereocenters. The van der Waals surface area contributed by atoms with Crippen molar-refractivity contribution >= 4 is 0 Å². The second-order valence-electron chi connectivity index (χ2n) is 3.61. The van der Waals surface area contributed by atoms with Gasteiger partial charge in [0.05, 0.1) is 6.04 Å². The fourth-order valence-corrected chi connectivity index (χ4v) is 1.48. The van der Waals surface area contributed by atoms with E-state index in [2.05, 4.69) is 23.9 Å². The van der Waals surface area contributed by atoms with Gasteiger partial charge in [0.2, 0.25) is 0 Å². The van der Waals surface area contributed by atoms with Gasteiger partial charge in [-0.2, -0.15) is 5.10 Å². The molecule has 4 heteroatoms. The van der Waals surface area contributed by atoms with E-state index in [-0.39, 0.29) is 6.04 Å². The molecular weight excluding hydrogens is 176 g/mol. The number of aryl methyl sites for hydroxylation is 2. The summed E-state index contributed by atoms with van der Waals surface area (Å²) in [5.74, 6) is 1.80. The highest BCUT2D eigenvalue weighted by atomic mass is 15.3. The molecule has 0 aliphatic heterocycles. The molecule has 0 saturated heterocycles. The molecule has 0 amide bonds. The highest BCUT2D eigenvalue weighted by Gasteiger charge is 2.13. The van der Waals surface area contributed by atoms with E-state index in [1.807, 2.05) is 7.05 Å². The number of nitrogens with two attached hydrogens (primary N) is 1. The summed E-state index contributed by atoms with van der Waals surface area (Å²) in [6.07, 6.45) is 4.18. The van der Waals surface area contributed by atoms with Gasteiger partial charge in [0.15, 0.2) is 5.82 Å². The van der Waals surface area contributed by atoms with Crippen molar-refractivity contribution in [2.75, 3.05) is 0 Å². The zero-order valence-corrected chi connectivity index (χ0v) is 9.32. The molecule has 0 aliphatic rings. The van der Waals surface area contributed by atoms with E-state index in [0.29, 0.717) is 0 Å². The molecule has 80 valence electrons. The van der Waals surface area contributed by atoms with E-state index in [9.17, 15) is 0 Å². The third-order valence-electron chi connectivity index (χ3n) is 2.36. The van der Waals surface area contributed by atoms with Crippen LogP contribution in [0.25, 0.3) is 0 Å². The summed E-state index contributed by atoms with van der Waals surface area (Å²) in [4.78, 5) is 4.41. The standard InChI is InChI=1S/C10H20N4/c1-4-6-7-8(11)10-12-9(5-2)13-14(10)3/h8H,4-7,11H2,1-3H3. The van der Waals surface area contributed by atoms with Crippen LogP contribution in [-0.4, -0.2) is 14.8 Å². The first-order valence-electron chi connectivity index (χ1n) is 5.34. The lowest BCUT2D eigenvalue weighted by Crippen LogP contribution is -2.15.